The molecule has 0 nitrogen and oxygen atoms in total. The Balaban J connectivity index is -0.0000000600. The Morgan fingerprint density at radius 3 is 1.11 bits per heavy atom. The molecule has 3 heteroatoms. The predicted octanol–water partition coefficient (Wildman–Crippen LogP) is 3.37. The molecule has 0 saturated heterocycles. The van der Waals surface area contributed by atoms with Gasteiger partial charge in [-0.15, -0.1) is 0 Å². The standard InChI is InChI=1S/2C3H5.2ClH.Pd/c2*1-3-2;;;/h2*1,3H,2H3;2*1H;/q2*-1;;;+2/p-2. The van der Waals surface area contributed by atoms with Gasteiger partial charge in [-0.1, -0.05) is 13.8 Å². The van der Waals surface area contributed by atoms with E-state index in [1.54, 1.807) is 13.8 Å². The second-order valence-corrected chi connectivity index (χ2v) is 3.07. The van der Waals surface area contributed by atoms with Crippen molar-refractivity contribution in [2.45, 2.75) is 13.8 Å². The molecule has 60 valence electrons. The Morgan fingerprint density at radius 1 is 1.11 bits per heavy atom. The summed E-state index contributed by atoms with van der Waals surface area (Å²) in [7, 11) is 9.63. The third kappa shape index (κ3) is 755. The number of allylic oxidation sites excluding steroid dienone is 2. The SMILES string of the molecule is [CH-]=CC.[CH-]=CC.[Cl][Pd][Cl]. The zero-order valence-corrected chi connectivity index (χ0v) is 8.45. The van der Waals surface area contributed by atoms with Crippen LogP contribution in [0.2, 0.25) is 0 Å². The van der Waals surface area contributed by atoms with Crippen molar-refractivity contribution in [1.82, 2.24) is 0 Å². The van der Waals surface area contributed by atoms with Gasteiger partial charge < -0.3 is 13.2 Å². The first-order valence-electron chi connectivity index (χ1n) is 2.06. The molecule has 0 aliphatic rings. The van der Waals surface area contributed by atoms with Crippen LogP contribution < -0.4 is 0 Å². The molecule has 0 spiro atoms. The van der Waals surface area contributed by atoms with Crippen molar-refractivity contribution in [2.75, 3.05) is 0 Å². The summed E-state index contributed by atoms with van der Waals surface area (Å²) < 4.78 is 0. The molecule has 0 saturated carbocycles. The van der Waals surface area contributed by atoms with Crippen LogP contribution in [0.1, 0.15) is 13.8 Å². The zero-order chi connectivity index (χ0) is 8.12. The monoisotopic (exact) mass is 258 g/mol. The van der Waals surface area contributed by atoms with E-state index in [1.165, 1.54) is 12.2 Å². The minimum atomic E-state index is -0.106. The average molecular weight is 259 g/mol. The van der Waals surface area contributed by atoms with Crippen molar-refractivity contribution in [1.29, 1.82) is 0 Å². The van der Waals surface area contributed by atoms with Crippen LogP contribution in [0.3, 0.4) is 0 Å². The first kappa shape index (κ1) is 16.4. The molecule has 9 heavy (non-hydrogen) atoms. The second kappa shape index (κ2) is 37.5. The van der Waals surface area contributed by atoms with Gasteiger partial charge in [0.15, 0.2) is 0 Å². The van der Waals surface area contributed by atoms with E-state index in [2.05, 4.69) is 0 Å². The van der Waals surface area contributed by atoms with Crippen molar-refractivity contribution in [3.63, 3.8) is 0 Å². The predicted molar refractivity (Wildman–Crippen MR) is 40.8 cm³/mol. The van der Waals surface area contributed by atoms with E-state index in [0.29, 0.717) is 0 Å². The van der Waals surface area contributed by atoms with E-state index in [-0.39, 0.29) is 15.9 Å². The van der Waals surface area contributed by atoms with Crippen molar-refractivity contribution < 1.29 is 15.9 Å². The molecule has 0 N–H and O–H groups in total. The van der Waals surface area contributed by atoms with Crippen LogP contribution >= 0.6 is 19.1 Å². The van der Waals surface area contributed by atoms with Crippen LogP contribution in [0, 0.1) is 13.2 Å². The summed E-state index contributed by atoms with van der Waals surface area (Å²) >= 11 is -0.106. The number of hydrogen-bond donors (Lipinski definition) is 0. The van der Waals surface area contributed by atoms with Crippen molar-refractivity contribution >= 4 is 19.1 Å². The molecule has 0 rings (SSSR count). The van der Waals surface area contributed by atoms with E-state index < -0.39 is 0 Å². The fourth-order valence-corrected chi connectivity index (χ4v) is 0. The van der Waals surface area contributed by atoms with Crippen LogP contribution in [0.4, 0.5) is 0 Å². The van der Waals surface area contributed by atoms with Gasteiger partial charge in [-0.25, -0.2) is 0 Å². The van der Waals surface area contributed by atoms with Gasteiger partial charge in [-0.3, -0.25) is 12.2 Å². The number of rotatable bonds is 0. The van der Waals surface area contributed by atoms with Crippen LogP contribution in [-0.2, 0) is 15.9 Å². The van der Waals surface area contributed by atoms with Gasteiger partial charge >= 0.3 is 35.0 Å². The summed E-state index contributed by atoms with van der Waals surface area (Å²) in [6.07, 6.45) is 3.00. The number of halogens is 2. The summed E-state index contributed by atoms with van der Waals surface area (Å²) in [5.74, 6) is 0. The molecule has 0 aliphatic heterocycles. The van der Waals surface area contributed by atoms with E-state index >= 15 is 0 Å². The molecule has 0 aliphatic carbocycles. The molecule has 0 fully saturated rings. The van der Waals surface area contributed by atoms with Gasteiger partial charge in [0.2, 0.25) is 0 Å². The number of hydrogen-bond acceptors (Lipinski definition) is 0. The molecule has 0 aromatic carbocycles. The molecular weight excluding hydrogens is 249 g/mol. The second-order valence-electron chi connectivity index (χ2n) is 0.712. The third-order valence-corrected chi connectivity index (χ3v) is 0. The summed E-state index contributed by atoms with van der Waals surface area (Å²) in [6, 6.07) is 0. The van der Waals surface area contributed by atoms with Gasteiger partial charge in [0.05, 0.1) is 0 Å². The van der Waals surface area contributed by atoms with Gasteiger partial charge in [-0.2, -0.15) is 0 Å². The molecule has 0 aromatic heterocycles. The van der Waals surface area contributed by atoms with E-state index in [1.807, 2.05) is 0 Å². The van der Waals surface area contributed by atoms with Crippen molar-refractivity contribution in [3.8, 4) is 0 Å². The van der Waals surface area contributed by atoms with Gasteiger partial charge in [-0.05, 0) is 0 Å². The Bertz CT molecular complexity index is 40.3. The van der Waals surface area contributed by atoms with E-state index in [0.717, 1.165) is 0 Å². The summed E-state index contributed by atoms with van der Waals surface area (Å²) in [6.45, 7) is 13.0. The van der Waals surface area contributed by atoms with Crippen molar-refractivity contribution in [2.24, 2.45) is 0 Å². The Hall–Kier alpha value is 0.722. The molecule has 0 atom stereocenters. The molecule has 0 unspecified atom stereocenters. The fraction of sp³-hybridized carbons (Fsp3) is 0.333. The quantitative estimate of drug-likeness (QED) is 0.462. The molecule has 0 amide bonds. The fourth-order valence-electron chi connectivity index (χ4n) is 0. The Kier molecular flexibility index (Phi) is 68.3. The van der Waals surface area contributed by atoms with Crippen molar-refractivity contribution in [3.05, 3.63) is 25.3 Å². The van der Waals surface area contributed by atoms with Gasteiger partial charge in [0, 0.05) is 0 Å². The first-order valence-corrected chi connectivity index (χ1v) is 6.06. The summed E-state index contributed by atoms with van der Waals surface area (Å²) in [4.78, 5) is 0. The summed E-state index contributed by atoms with van der Waals surface area (Å²) in [5.41, 5.74) is 0. The normalized spacial score (nSPS) is 5.33. The minimum absolute atomic E-state index is 0.106. The maximum atomic E-state index is 4.81. The van der Waals surface area contributed by atoms with E-state index in [4.69, 9.17) is 32.2 Å². The third-order valence-electron chi connectivity index (χ3n) is 0. The van der Waals surface area contributed by atoms with E-state index in [9.17, 15) is 0 Å². The molecule has 0 bridgehead atoms. The van der Waals surface area contributed by atoms with Gasteiger partial charge in [0.1, 0.15) is 0 Å². The molecule has 0 aromatic rings. The summed E-state index contributed by atoms with van der Waals surface area (Å²) in [5, 5.41) is 0. The molecular formula is C6H10Cl2Pd-2. The Labute approximate surface area is 74.0 Å². The molecule has 0 heterocycles. The van der Waals surface area contributed by atoms with Crippen LogP contribution in [0.5, 0.6) is 0 Å². The van der Waals surface area contributed by atoms with Crippen LogP contribution in [0.25, 0.3) is 0 Å². The molecule has 0 radical (unpaired) electrons. The zero-order valence-electron chi connectivity index (χ0n) is 5.38. The van der Waals surface area contributed by atoms with Crippen LogP contribution in [-0.4, -0.2) is 0 Å². The first-order chi connectivity index (χ1) is 4.24. The van der Waals surface area contributed by atoms with Gasteiger partial charge in [0.25, 0.3) is 0 Å². The maximum absolute atomic E-state index is 4.81. The van der Waals surface area contributed by atoms with Crippen LogP contribution in [0.15, 0.2) is 12.2 Å². The average Bonchev–Trinajstić information content (AvgIpc) is 1.70. The Morgan fingerprint density at radius 2 is 1.11 bits per heavy atom. The topological polar surface area (TPSA) is 0 Å².